The molecule has 2 aliphatic heterocycles. The van der Waals surface area contributed by atoms with E-state index in [-0.39, 0.29) is 18.0 Å². The number of benzene rings is 3. The molecular weight excluding hydrogens is 444 g/mol. The molecule has 1 fully saturated rings. The molecule has 5 rings (SSSR count). The summed E-state index contributed by atoms with van der Waals surface area (Å²) in [5, 5.41) is 8.11. The van der Waals surface area contributed by atoms with E-state index in [2.05, 4.69) is 29.3 Å². The van der Waals surface area contributed by atoms with Gasteiger partial charge in [-0.3, -0.25) is 4.79 Å². The molecule has 2 unspecified atom stereocenters. The van der Waals surface area contributed by atoms with Gasteiger partial charge in [-0.2, -0.15) is 0 Å². The summed E-state index contributed by atoms with van der Waals surface area (Å²) in [5.41, 5.74) is 2.40. The number of rotatable bonds is 8. The van der Waals surface area contributed by atoms with Gasteiger partial charge in [0.1, 0.15) is 0 Å². The summed E-state index contributed by atoms with van der Waals surface area (Å²) in [6.07, 6.45) is 3.65. The van der Waals surface area contributed by atoms with Crippen molar-refractivity contribution in [2.75, 3.05) is 35.0 Å². The highest BCUT2D eigenvalue weighted by Crippen LogP contribution is 2.49. The highest BCUT2D eigenvalue weighted by Gasteiger charge is 2.43. The summed E-state index contributed by atoms with van der Waals surface area (Å²) >= 11 is 0. The Labute approximate surface area is 206 Å². The molecule has 7 heteroatoms. The van der Waals surface area contributed by atoms with Crippen LogP contribution in [-0.2, 0) is 11.3 Å². The average Bonchev–Trinajstić information content (AvgIpc) is 3.27. The van der Waals surface area contributed by atoms with Gasteiger partial charge in [-0.15, -0.1) is 0 Å². The maximum absolute atomic E-state index is 12.9. The van der Waals surface area contributed by atoms with E-state index < -0.39 is 0 Å². The number of hydrogen-bond acceptors (Lipinski definition) is 6. The molecule has 0 radical (unpaired) electrons. The van der Waals surface area contributed by atoms with Crippen LogP contribution in [0.3, 0.4) is 0 Å². The number of carbonyl (C=O) groups is 1. The van der Waals surface area contributed by atoms with Crippen molar-refractivity contribution in [1.29, 1.82) is 0 Å². The lowest BCUT2D eigenvalue weighted by Crippen LogP contribution is -2.46. The molecule has 1 saturated heterocycles. The van der Waals surface area contributed by atoms with Gasteiger partial charge >= 0.3 is 0 Å². The van der Waals surface area contributed by atoms with Gasteiger partial charge in [0, 0.05) is 13.0 Å². The third kappa shape index (κ3) is 3.73. The zero-order valence-electron chi connectivity index (χ0n) is 21.2. The molecule has 0 bridgehead atoms. The average molecular weight is 479 g/mol. The molecule has 35 heavy (non-hydrogen) atoms. The van der Waals surface area contributed by atoms with Crippen molar-refractivity contribution in [3.8, 4) is 23.0 Å². The first-order chi connectivity index (χ1) is 17.1. The summed E-state index contributed by atoms with van der Waals surface area (Å²) in [4.78, 5) is 15.0. The summed E-state index contributed by atoms with van der Waals surface area (Å²) in [5.74, 6) is 2.94. The highest BCUT2D eigenvalue weighted by atomic mass is 16.5. The number of fused-ring (bicyclic) bond motifs is 7. The first kappa shape index (κ1) is 23.5. The normalized spacial score (nSPS) is 19.1. The second-order valence-electron chi connectivity index (χ2n) is 9.31. The topological polar surface area (TPSA) is 69.3 Å². The lowest BCUT2D eigenvalue weighted by atomic mass is 9.81. The van der Waals surface area contributed by atoms with Crippen molar-refractivity contribution in [3.05, 3.63) is 35.4 Å². The number of ether oxygens (including phenoxy) is 4. The fourth-order valence-corrected chi connectivity index (χ4v) is 5.85. The van der Waals surface area contributed by atoms with Crippen molar-refractivity contribution in [1.82, 2.24) is 10.2 Å². The van der Waals surface area contributed by atoms with Gasteiger partial charge in [0.25, 0.3) is 0 Å². The lowest BCUT2D eigenvalue weighted by Gasteiger charge is -2.40. The van der Waals surface area contributed by atoms with Crippen LogP contribution in [-0.4, -0.2) is 51.8 Å². The molecule has 186 valence electrons. The zero-order valence-corrected chi connectivity index (χ0v) is 21.2. The van der Waals surface area contributed by atoms with Crippen molar-refractivity contribution in [2.24, 2.45) is 0 Å². The fourth-order valence-electron chi connectivity index (χ4n) is 5.85. The van der Waals surface area contributed by atoms with Crippen LogP contribution in [0.5, 0.6) is 23.0 Å². The minimum atomic E-state index is 0.0369. The zero-order chi connectivity index (χ0) is 24.7. The Kier molecular flexibility index (Phi) is 6.36. The Morgan fingerprint density at radius 3 is 1.97 bits per heavy atom. The molecule has 1 amide bonds. The predicted octanol–water partition coefficient (Wildman–Crippen LogP) is 4.96. The van der Waals surface area contributed by atoms with E-state index >= 15 is 0 Å². The molecule has 0 spiro atoms. The summed E-state index contributed by atoms with van der Waals surface area (Å²) < 4.78 is 22.7. The molecule has 2 heterocycles. The Bertz CT molecular complexity index is 1290. The predicted molar refractivity (Wildman–Crippen MR) is 137 cm³/mol. The van der Waals surface area contributed by atoms with Gasteiger partial charge in [-0.05, 0) is 76.3 Å². The molecule has 0 aliphatic carbocycles. The minimum absolute atomic E-state index is 0.0369. The van der Waals surface area contributed by atoms with E-state index in [4.69, 9.17) is 18.9 Å². The van der Waals surface area contributed by atoms with E-state index in [0.717, 1.165) is 52.9 Å². The van der Waals surface area contributed by atoms with E-state index in [1.54, 1.807) is 28.4 Å². The smallest absolute Gasteiger partial charge is 0.223 e. The first-order valence-corrected chi connectivity index (χ1v) is 12.3. The van der Waals surface area contributed by atoms with Crippen molar-refractivity contribution in [3.63, 3.8) is 0 Å². The Balaban J connectivity index is 1.88. The number of nitrogens with one attached hydrogen (secondary N) is 1. The Morgan fingerprint density at radius 1 is 0.857 bits per heavy atom. The molecule has 7 nitrogen and oxygen atoms in total. The van der Waals surface area contributed by atoms with Crippen LogP contribution in [0.2, 0.25) is 0 Å². The SMILES string of the molecule is CCCCNC1c2c(c3cc(OC)c(OC)cc3c3cc(OC)c(OC)cc23)CN2C(=O)CCC12. The van der Waals surface area contributed by atoms with Gasteiger partial charge < -0.3 is 29.2 Å². The first-order valence-electron chi connectivity index (χ1n) is 12.3. The summed E-state index contributed by atoms with van der Waals surface area (Å²) in [6.45, 7) is 3.68. The van der Waals surface area contributed by atoms with Crippen LogP contribution in [0, 0.1) is 0 Å². The molecule has 3 aromatic rings. The van der Waals surface area contributed by atoms with E-state index in [1.165, 1.54) is 5.56 Å². The summed E-state index contributed by atoms with van der Waals surface area (Å²) in [7, 11) is 6.62. The van der Waals surface area contributed by atoms with Crippen LogP contribution in [0.15, 0.2) is 24.3 Å². The molecular formula is C28H34N2O5. The third-order valence-electron chi connectivity index (χ3n) is 7.57. The van der Waals surface area contributed by atoms with Crippen LogP contribution < -0.4 is 24.3 Å². The Morgan fingerprint density at radius 2 is 1.40 bits per heavy atom. The number of hydrogen-bond donors (Lipinski definition) is 1. The van der Waals surface area contributed by atoms with Gasteiger partial charge in [0.15, 0.2) is 23.0 Å². The summed E-state index contributed by atoms with van der Waals surface area (Å²) in [6, 6.07) is 8.39. The van der Waals surface area contributed by atoms with Crippen molar-refractivity contribution < 1.29 is 23.7 Å². The number of carbonyl (C=O) groups excluding carboxylic acids is 1. The molecule has 1 N–H and O–H groups in total. The number of amides is 1. The largest absolute Gasteiger partial charge is 0.493 e. The van der Waals surface area contributed by atoms with Gasteiger partial charge in [0.05, 0.1) is 40.5 Å². The molecule has 2 aliphatic rings. The highest BCUT2D eigenvalue weighted by molar-refractivity contribution is 6.13. The van der Waals surface area contributed by atoms with Gasteiger partial charge in [-0.1, -0.05) is 13.3 Å². The molecule has 2 atom stereocenters. The van der Waals surface area contributed by atoms with Crippen LogP contribution >= 0.6 is 0 Å². The molecule has 3 aromatic carbocycles. The number of unbranched alkanes of at least 4 members (excludes halogenated alkanes) is 1. The van der Waals surface area contributed by atoms with Gasteiger partial charge in [-0.25, -0.2) is 0 Å². The van der Waals surface area contributed by atoms with E-state index in [1.807, 2.05) is 12.1 Å². The van der Waals surface area contributed by atoms with Crippen molar-refractivity contribution in [2.45, 2.75) is 51.2 Å². The van der Waals surface area contributed by atoms with Crippen LogP contribution in [0.1, 0.15) is 49.8 Å². The monoisotopic (exact) mass is 478 g/mol. The number of nitrogens with zero attached hydrogens (tertiary/aromatic N) is 1. The standard InChI is InChI=1S/C28H34N2O5/c1-6-7-10-29-28-21-8-9-26(31)30(21)15-20-18-13-24(34-4)22(32-2)11-16(18)17-12-23(33-3)25(35-5)14-19(17)27(20)28/h11-14,21,28-29H,6-10,15H2,1-5H3. The third-order valence-corrected chi connectivity index (χ3v) is 7.57. The molecule has 0 saturated carbocycles. The maximum atomic E-state index is 12.9. The quantitative estimate of drug-likeness (QED) is 0.364. The van der Waals surface area contributed by atoms with Crippen molar-refractivity contribution >= 4 is 27.5 Å². The Hall–Kier alpha value is -3.19. The molecule has 0 aromatic heterocycles. The van der Waals surface area contributed by atoms with Crippen LogP contribution in [0.4, 0.5) is 0 Å². The van der Waals surface area contributed by atoms with Crippen LogP contribution in [0.25, 0.3) is 21.5 Å². The maximum Gasteiger partial charge on any atom is 0.223 e. The number of methoxy groups -OCH3 is 4. The minimum Gasteiger partial charge on any atom is -0.493 e. The van der Waals surface area contributed by atoms with E-state index in [0.29, 0.717) is 36.0 Å². The van der Waals surface area contributed by atoms with Gasteiger partial charge in [0.2, 0.25) is 5.91 Å². The second-order valence-corrected chi connectivity index (χ2v) is 9.31. The fraction of sp³-hybridized carbons (Fsp3) is 0.464. The second kappa shape index (κ2) is 9.46. The van der Waals surface area contributed by atoms with E-state index in [9.17, 15) is 4.79 Å². The lowest BCUT2D eigenvalue weighted by molar-refractivity contribution is -0.130.